The molecule has 3 rings (SSSR count). The second-order valence-electron chi connectivity index (χ2n) is 6.20. The Morgan fingerprint density at radius 3 is 2.63 bits per heavy atom. The molecule has 0 saturated carbocycles. The quantitative estimate of drug-likeness (QED) is 0.723. The summed E-state index contributed by atoms with van der Waals surface area (Å²) in [6.45, 7) is 9.79. The van der Waals surface area contributed by atoms with Crippen molar-refractivity contribution in [3.05, 3.63) is 17.5 Å². The number of fused-ring (bicyclic) bond motifs is 1. The maximum Gasteiger partial charge on any atom is 0.0659 e. The van der Waals surface area contributed by atoms with Gasteiger partial charge in [0.15, 0.2) is 0 Å². The standard InChI is InChI=1S/C9H14N2.C6H11NS/c1-7-4-3-5-9-8(7)6-11(2)10-9;1-5-7-4-6(2,3)8-5/h6-7H,3-5H2,1-2H3;4H2,1-3H3. The lowest BCUT2D eigenvalue weighted by atomic mass is 9.89. The van der Waals surface area contributed by atoms with Crippen molar-refractivity contribution in [3.63, 3.8) is 0 Å². The van der Waals surface area contributed by atoms with Gasteiger partial charge in [-0.3, -0.25) is 9.67 Å². The minimum absolute atomic E-state index is 0.379. The van der Waals surface area contributed by atoms with Crippen molar-refractivity contribution < 1.29 is 0 Å². The van der Waals surface area contributed by atoms with Crippen molar-refractivity contribution in [2.45, 2.75) is 57.6 Å². The number of hydrogen-bond donors (Lipinski definition) is 0. The summed E-state index contributed by atoms with van der Waals surface area (Å²) >= 11 is 1.87. The highest BCUT2D eigenvalue weighted by atomic mass is 32.2. The van der Waals surface area contributed by atoms with E-state index in [-0.39, 0.29) is 0 Å². The third kappa shape index (κ3) is 3.85. The third-order valence-corrected chi connectivity index (χ3v) is 4.73. The molecule has 0 radical (unpaired) electrons. The molecule has 0 aromatic carbocycles. The van der Waals surface area contributed by atoms with Gasteiger partial charge in [0.05, 0.1) is 17.3 Å². The van der Waals surface area contributed by atoms with E-state index in [0.29, 0.717) is 4.75 Å². The Balaban J connectivity index is 0.000000148. The van der Waals surface area contributed by atoms with Crippen molar-refractivity contribution in [3.8, 4) is 0 Å². The van der Waals surface area contributed by atoms with Gasteiger partial charge in [0.25, 0.3) is 0 Å². The number of nitrogens with zero attached hydrogens (tertiary/aromatic N) is 3. The molecule has 0 fully saturated rings. The van der Waals surface area contributed by atoms with Crippen LogP contribution in [0.3, 0.4) is 0 Å². The number of thioether (sulfide) groups is 1. The minimum Gasteiger partial charge on any atom is -0.282 e. The zero-order chi connectivity index (χ0) is 14.0. The molecule has 0 spiro atoms. The Bertz CT molecular complexity index is 474. The molecule has 1 aliphatic carbocycles. The number of hydrogen-bond acceptors (Lipinski definition) is 3. The highest BCUT2D eigenvalue weighted by molar-refractivity contribution is 8.15. The van der Waals surface area contributed by atoms with Crippen LogP contribution >= 0.6 is 11.8 Å². The van der Waals surface area contributed by atoms with Gasteiger partial charge in [-0.2, -0.15) is 5.10 Å². The van der Waals surface area contributed by atoms with Gasteiger partial charge < -0.3 is 0 Å². The first-order valence-corrected chi connectivity index (χ1v) is 7.91. The van der Waals surface area contributed by atoms with Gasteiger partial charge in [0, 0.05) is 18.0 Å². The Hall–Kier alpha value is -0.770. The summed E-state index contributed by atoms with van der Waals surface area (Å²) in [6, 6.07) is 0. The fraction of sp³-hybridized carbons (Fsp3) is 0.733. The Morgan fingerprint density at radius 2 is 2.16 bits per heavy atom. The fourth-order valence-corrected chi connectivity index (χ4v) is 3.71. The van der Waals surface area contributed by atoms with Crippen LogP contribution in [0, 0.1) is 0 Å². The SMILES string of the molecule is CC1=NCC(C)(C)S1.CC1CCCc2nn(C)cc21. The molecule has 2 aliphatic rings. The summed E-state index contributed by atoms with van der Waals surface area (Å²) in [5, 5.41) is 5.65. The second-order valence-corrected chi connectivity index (χ2v) is 8.10. The third-order valence-electron chi connectivity index (χ3n) is 3.63. The van der Waals surface area contributed by atoms with Crippen LogP contribution in [0.1, 0.15) is 57.7 Å². The van der Waals surface area contributed by atoms with E-state index in [0.717, 1.165) is 12.5 Å². The maximum atomic E-state index is 4.42. The molecular weight excluding hydrogens is 254 g/mol. The van der Waals surface area contributed by atoms with Crippen molar-refractivity contribution >= 4 is 16.8 Å². The van der Waals surface area contributed by atoms with Crippen LogP contribution in [0.4, 0.5) is 0 Å². The van der Waals surface area contributed by atoms with Crippen LogP contribution < -0.4 is 0 Å². The lowest BCUT2D eigenvalue weighted by Crippen LogP contribution is -2.14. The average Bonchev–Trinajstić information content (AvgIpc) is 2.82. The lowest BCUT2D eigenvalue weighted by Gasteiger charge is -2.15. The van der Waals surface area contributed by atoms with Crippen LogP contribution in [0.25, 0.3) is 0 Å². The monoisotopic (exact) mass is 279 g/mol. The molecule has 0 amide bonds. The Morgan fingerprint density at radius 1 is 1.42 bits per heavy atom. The van der Waals surface area contributed by atoms with Gasteiger partial charge in [0.2, 0.25) is 0 Å². The predicted molar refractivity (Wildman–Crippen MR) is 84.2 cm³/mol. The van der Waals surface area contributed by atoms with Crippen LogP contribution in [-0.2, 0) is 13.5 Å². The van der Waals surface area contributed by atoms with E-state index in [2.05, 4.69) is 44.0 Å². The Kier molecular flexibility index (Phi) is 4.39. The van der Waals surface area contributed by atoms with Gasteiger partial charge in [0.1, 0.15) is 0 Å². The Labute approximate surface area is 120 Å². The van der Waals surface area contributed by atoms with E-state index in [9.17, 15) is 0 Å². The summed E-state index contributed by atoms with van der Waals surface area (Å²) in [5.41, 5.74) is 2.80. The first kappa shape index (κ1) is 14.6. The topological polar surface area (TPSA) is 30.2 Å². The first-order chi connectivity index (χ1) is 8.87. The predicted octanol–water partition coefficient (Wildman–Crippen LogP) is 3.79. The molecule has 1 aromatic heterocycles. The highest BCUT2D eigenvalue weighted by Gasteiger charge is 2.24. The molecule has 1 unspecified atom stereocenters. The number of aryl methyl sites for hydroxylation is 2. The van der Waals surface area contributed by atoms with Crippen molar-refractivity contribution in [2.75, 3.05) is 6.54 Å². The maximum absolute atomic E-state index is 4.42. The molecule has 4 heteroatoms. The molecule has 1 aromatic rings. The van der Waals surface area contributed by atoms with Gasteiger partial charge in [-0.1, -0.05) is 6.92 Å². The number of aliphatic imine (C=N–C) groups is 1. The molecule has 106 valence electrons. The van der Waals surface area contributed by atoms with Gasteiger partial charge in [-0.15, -0.1) is 11.8 Å². The van der Waals surface area contributed by atoms with Crippen molar-refractivity contribution in [1.82, 2.24) is 9.78 Å². The summed E-state index contributed by atoms with van der Waals surface area (Å²) < 4.78 is 2.32. The zero-order valence-electron chi connectivity index (χ0n) is 12.7. The summed E-state index contributed by atoms with van der Waals surface area (Å²) in [7, 11) is 2.00. The fourth-order valence-electron chi connectivity index (χ4n) is 2.66. The summed E-state index contributed by atoms with van der Waals surface area (Å²) in [5.74, 6) is 0.729. The molecule has 0 N–H and O–H groups in total. The second kappa shape index (κ2) is 5.70. The normalized spacial score (nSPS) is 24.3. The minimum atomic E-state index is 0.379. The molecule has 2 heterocycles. The van der Waals surface area contributed by atoms with E-state index in [1.165, 1.54) is 35.6 Å². The highest BCUT2D eigenvalue weighted by Crippen LogP contribution is 2.31. The molecule has 0 saturated heterocycles. The van der Waals surface area contributed by atoms with Gasteiger partial charge in [-0.05, 0) is 51.5 Å². The first-order valence-electron chi connectivity index (χ1n) is 7.10. The van der Waals surface area contributed by atoms with Crippen LogP contribution in [0.2, 0.25) is 0 Å². The zero-order valence-corrected chi connectivity index (χ0v) is 13.5. The van der Waals surface area contributed by atoms with E-state index < -0.39 is 0 Å². The van der Waals surface area contributed by atoms with E-state index >= 15 is 0 Å². The van der Waals surface area contributed by atoms with E-state index in [1.54, 1.807) is 0 Å². The molecule has 3 nitrogen and oxygen atoms in total. The smallest absolute Gasteiger partial charge is 0.0659 e. The van der Waals surface area contributed by atoms with Gasteiger partial charge >= 0.3 is 0 Å². The average molecular weight is 279 g/mol. The molecular formula is C15H25N3S. The van der Waals surface area contributed by atoms with Crippen LogP contribution in [0.15, 0.2) is 11.2 Å². The van der Waals surface area contributed by atoms with E-state index in [1.807, 2.05) is 23.5 Å². The van der Waals surface area contributed by atoms with E-state index in [4.69, 9.17) is 0 Å². The van der Waals surface area contributed by atoms with Crippen LogP contribution in [-0.4, -0.2) is 26.1 Å². The molecule has 0 bridgehead atoms. The van der Waals surface area contributed by atoms with Crippen molar-refractivity contribution in [1.29, 1.82) is 0 Å². The lowest BCUT2D eigenvalue weighted by molar-refractivity contribution is 0.584. The molecule has 1 atom stereocenters. The van der Waals surface area contributed by atoms with Crippen LogP contribution in [0.5, 0.6) is 0 Å². The summed E-state index contributed by atoms with van der Waals surface area (Å²) in [6.07, 6.45) is 5.99. The molecule has 19 heavy (non-hydrogen) atoms. The number of aromatic nitrogens is 2. The number of rotatable bonds is 0. The van der Waals surface area contributed by atoms with Crippen molar-refractivity contribution in [2.24, 2.45) is 12.0 Å². The van der Waals surface area contributed by atoms with Gasteiger partial charge in [-0.25, -0.2) is 0 Å². The summed E-state index contributed by atoms with van der Waals surface area (Å²) in [4.78, 5) is 4.27. The largest absolute Gasteiger partial charge is 0.282 e. The molecule has 1 aliphatic heterocycles.